The molecular formula is C17H26FN. The van der Waals surface area contributed by atoms with Gasteiger partial charge in [-0.05, 0) is 55.3 Å². The molecule has 0 saturated heterocycles. The van der Waals surface area contributed by atoms with Crippen molar-refractivity contribution in [3.8, 4) is 0 Å². The number of nitrogens with one attached hydrogen (secondary N) is 1. The van der Waals surface area contributed by atoms with Crippen molar-refractivity contribution in [3.05, 3.63) is 35.1 Å². The summed E-state index contributed by atoms with van der Waals surface area (Å²) in [5.74, 6) is 1.21. The summed E-state index contributed by atoms with van der Waals surface area (Å²) in [4.78, 5) is 0. The zero-order chi connectivity index (χ0) is 13.8. The van der Waals surface area contributed by atoms with Crippen molar-refractivity contribution in [2.24, 2.45) is 5.92 Å². The maximum absolute atomic E-state index is 13.4. The first-order valence-corrected chi connectivity index (χ1v) is 7.57. The van der Waals surface area contributed by atoms with Crippen LogP contribution in [0.4, 0.5) is 4.39 Å². The maximum Gasteiger partial charge on any atom is 0.126 e. The third-order valence-corrected chi connectivity index (χ3v) is 4.31. The molecule has 1 saturated carbocycles. The average Bonchev–Trinajstić information content (AvgIpc) is 2.40. The van der Waals surface area contributed by atoms with Crippen molar-refractivity contribution in [2.75, 3.05) is 6.54 Å². The zero-order valence-electron chi connectivity index (χ0n) is 12.4. The van der Waals surface area contributed by atoms with Crippen molar-refractivity contribution >= 4 is 0 Å². The molecule has 1 aliphatic carbocycles. The minimum atomic E-state index is -0.0867. The molecule has 1 aliphatic rings. The largest absolute Gasteiger partial charge is 0.314 e. The lowest BCUT2D eigenvalue weighted by Crippen LogP contribution is -2.33. The van der Waals surface area contributed by atoms with E-state index in [-0.39, 0.29) is 5.82 Å². The van der Waals surface area contributed by atoms with Gasteiger partial charge in [-0.2, -0.15) is 0 Å². The van der Waals surface area contributed by atoms with Gasteiger partial charge < -0.3 is 5.32 Å². The first-order chi connectivity index (χ1) is 9.08. The monoisotopic (exact) mass is 263 g/mol. The Labute approximate surface area is 116 Å². The predicted octanol–water partition coefficient (Wildman–Crippen LogP) is 4.41. The molecule has 0 spiro atoms. The molecule has 2 unspecified atom stereocenters. The molecule has 106 valence electrons. The summed E-state index contributed by atoms with van der Waals surface area (Å²) in [6.45, 7) is 7.33. The third-order valence-electron chi connectivity index (χ3n) is 4.31. The Balaban J connectivity index is 2.11. The van der Waals surface area contributed by atoms with Crippen LogP contribution in [0.5, 0.6) is 0 Å². The van der Waals surface area contributed by atoms with Gasteiger partial charge in [0, 0.05) is 6.04 Å². The second kappa shape index (κ2) is 6.51. The molecule has 2 heteroatoms. The number of hydrogen-bond acceptors (Lipinski definition) is 1. The summed E-state index contributed by atoms with van der Waals surface area (Å²) in [5.41, 5.74) is 2.10. The van der Waals surface area contributed by atoms with Crippen molar-refractivity contribution in [2.45, 2.75) is 58.4 Å². The highest BCUT2D eigenvalue weighted by atomic mass is 19.1. The Hall–Kier alpha value is -0.890. The normalized spacial score (nSPS) is 23.8. The topological polar surface area (TPSA) is 12.0 Å². The summed E-state index contributed by atoms with van der Waals surface area (Å²) in [6.07, 6.45) is 5.18. The fourth-order valence-corrected chi connectivity index (χ4v) is 3.18. The van der Waals surface area contributed by atoms with Crippen molar-refractivity contribution in [1.82, 2.24) is 5.32 Å². The van der Waals surface area contributed by atoms with Crippen LogP contribution in [0.2, 0.25) is 0 Å². The molecule has 0 amide bonds. The van der Waals surface area contributed by atoms with E-state index in [1.165, 1.54) is 31.2 Å². The van der Waals surface area contributed by atoms with E-state index in [4.69, 9.17) is 0 Å². The van der Waals surface area contributed by atoms with Crippen LogP contribution in [0.3, 0.4) is 0 Å². The number of halogens is 1. The molecule has 0 heterocycles. The van der Waals surface area contributed by atoms with Gasteiger partial charge in [0.15, 0.2) is 0 Å². The van der Waals surface area contributed by atoms with Crippen LogP contribution >= 0.6 is 0 Å². The van der Waals surface area contributed by atoms with Gasteiger partial charge in [0.2, 0.25) is 0 Å². The molecule has 19 heavy (non-hydrogen) atoms. The summed E-state index contributed by atoms with van der Waals surface area (Å²) in [5, 5.41) is 3.57. The van der Waals surface area contributed by atoms with Crippen molar-refractivity contribution < 1.29 is 4.39 Å². The summed E-state index contributed by atoms with van der Waals surface area (Å²) in [6, 6.07) is 6.21. The minimum Gasteiger partial charge on any atom is -0.314 e. The number of benzene rings is 1. The Kier molecular flexibility index (Phi) is 4.98. The molecule has 1 N–H and O–H groups in total. The van der Waals surface area contributed by atoms with E-state index in [9.17, 15) is 4.39 Å². The maximum atomic E-state index is 13.4. The van der Waals surface area contributed by atoms with Gasteiger partial charge in [-0.15, -0.1) is 0 Å². The molecule has 1 nitrogen and oxygen atoms in total. The van der Waals surface area contributed by atoms with Crippen LogP contribution < -0.4 is 5.32 Å². The van der Waals surface area contributed by atoms with Gasteiger partial charge in [0.1, 0.15) is 5.82 Å². The van der Waals surface area contributed by atoms with Crippen LogP contribution in [-0.2, 0) is 0 Å². The van der Waals surface area contributed by atoms with E-state index in [1.807, 2.05) is 19.1 Å². The standard InChI is InChI=1S/C17H26FN/c1-12(2)19-11-15-6-4-5-7-16(15)14-8-9-17(18)13(3)10-14/h8-10,12,15-16,19H,4-7,11H2,1-3H3. The second-order valence-electron chi connectivity index (χ2n) is 6.22. The SMILES string of the molecule is Cc1cc(C2CCCCC2CNC(C)C)ccc1F. The summed E-state index contributed by atoms with van der Waals surface area (Å²) >= 11 is 0. The van der Waals surface area contributed by atoms with Crippen LogP contribution in [0.25, 0.3) is 0 Å². The molecule has 1 aromatic carbocycles. The molecule has 2 rings (SSSR count). The van der Waals surface area contributed by atoms with Crippen molar-refractivity contribution in [1.29, 1.82) is 0 Å². The van der Waals surface area contributed by atoms with E-state index < -0.39 is 0 Å². The van der Waals surface area contributed by atoms with Crippen LogP contribution in [0.15, 0.2) is 18.2 Å². The Morgan fingerprint density at radius 2 is 2.00 bits per heavy atom. The lowest BCUT2D eigenvalue weighted by molar-refractivity contribution is 0.289. The zero-order valence-corrected chi connectivity index (χ0v) is 12.4. The smallest absolute Gasteiger partial charge is 0.126 e. The predicted molar refractivity (Wildman–Crippen MR) is 79.0 cm³/mol. The van der Waals surface area contributed by atoms with Gasteiger partial charge in [0.25, 0.3) is 0 Å². The molecule has 0 radical (unpaired) electrons. The highest BCUT2D eigenvalue weighted by Crippen LogP contribution is 2.37. The van der Waals surface area contributed by atoms with E-state index in [0.29, 0.717) is 17.9 Å². The number of hydrogen-bond donors (Lipinski definition) is 1. The van der Waals surface area contributed by atoms with Gasteiger partial charge in [-0.1, -0.05) is 38.8 Å². The number of aryl methyl sites for hydroxylation is 1. The molecule has 1 fully saturated rings. The second-order valence-corrected chi connectivity index (χ2v) is 6.22. The molecule has 0 bridgehead atoms. The molecule has 0 aliphatic heterocycles. The van der Waals surface area contributed by atoms with Gasteiger partial charge in [0.05, 0.1) is 0 Å². The van der Waals surface area contributed by atoms with E-state index in [2.05, 4.69) is 19.2 Å². The van der Waals surface area contributed by atoms with Crippen LogP contribution in [0.1, 0.15) is 56.6 Å². The molecule has 1 aromatic rings. The van der Waals surface area contributed by atoms with E-state index in [1.54, 1.807) is 6.07 Å². The first-order valence-electron chi connectivity index (χ1n) is 7.57. The lowest BCUT2D eigenvalue weighted by atomic mass is 9.75. The molecule has 2 atom stereocenters. The van der Waals surface area contributed by atoms with Crippen molar-refractivity contribution in [3.63, 3.8) is 0 Å². The molecular weight excluding hydrogens is 237 g/mol. The fourth-order valence-electron chi connectivity index (χ4n) is 3.18. The fraction of sp³-hybridized carbons (Fsp3) is 0.647. The van der Waals surface area contributed by atoms with Gasteiger partial charge >= 0.3 is 0 Å². The summed E-state index contributed by atoms with van der Waals surface area (Å²) < 4.78 is 13.4. The first kappa shape index (κ1) is 14.5. The quantitative estimate of drug-likeness (QED) is 0.848. The Bertz CT molecular complexity index is 414. The average molecular weight is 263 g/mol. The highest BCUT2D eigenvalue weighted by molar-refractivity contribution is 5.27. The van der Waals surface area contributed by atoms with E-state index in [0.717, 1.165) is 12.1 Å². The van der Waals surface area contributed by atoms with Gasteiger partial charge in [-0.25, -0.2) is 4.39 Å². The van der Waals surface area contributed by atoms with Gasteiger partial charge in [-0.3, -0.25) is 0 Å². The Morgan fingerprint density at radius 1 is 1.26 bits per heavy atom. The highest BCUT2D eigenvalue weighted by Gasteiger charge is 2.26. The number of rotatable bonds is 4. The minimum absolute atomic E-state index is 0.0867. The molecule has 0 aromatic heterocycles. The van der Waals surface area contributed by atoms with Crippen LogP contribution in [-0.4, -0.2) is 12.6 Å². The summed E-state index contributed by atoms with van der Waals surface area (Å²) in [7, 11) is 0. The lowest BCUT2D eigenvalue weighted by Gasteiger charge is -2.33. The van der Waals surface area contributed by atoms with Crippen LogP contribution in [0, 0.1) is 18.7 Å². The van der Waals surface area contributed by atoms with E-state index >= 15 is 0 Å². The third kappa shape index (κ3) is 3.79. The Morgan fingerprint density at radius 3 is 2.68 bits per heavy atom.